The van der Waals surface area contributed by atoms with E-state index in [0.717, 1.165) is 18.7 Å². The van der Waals surface area contributed by atoms with Crippen LogP contribution in [0, 0.1) is 0 Å². The van der Waals surface area contributed by atoms with Crippen LogP contribution in [0.15, 0.2) is 12.3 Å². The first kappa shape index (κ1) is 10.5. The van der Waals surface area contributed by atoms with Crippen LogP contribution in [0.3, 0.4) is 0 Å². The molecule has 5 N–H and O–H groups in total. The van der Waals surface area contributed by atoms with Gasteiger partial charge in [-0.15, -0.1) is 0 Å². The number of nitrogen functional groups attached to an aromatic ring is 2. The first-order valence-electron chi connectivity index (χ1n) is 4.43. The Morgan fingerprint density at radius 2 is 2.21 bits per heavy atom. The third-order valence-electron chi connectivity index (χ3n) is 1.70. The molecule has 1 rings (SSSR count). The van der Waals surface area contributed by atoms with E-state index in [1.807, 2.05) is 19.2 Å². The molecular weight excluding hydrogens is 178 g/mol. The summed E-state index contributed by atoms with van der Waals surface area (Å²) in [5, 5.41) is 3.04. The molecule has 0 aromatic carbocycles. The average Bonchev–Trinajstić information content (AvgIpc) is 2.18. The van der Waals surface area contributed by atoms with Crippen LogP contribution in [-0.4, -0.2) is 23.6 Å². The number of hydrogen-bond donors (Lipinski definition) is 3. The first-order chi connectivity index (χ1) is 6.74. The van der Waals surface area contributed by atoms with Gasteiger partial charge in [-0.2, -0.15) is 0 Å². The van der Waals surface area contributed by atoms with Gasteiger partial charge in [0.05, 0.1) is 11.9 Å². The third-order valence-corrected chi connectivity index (χ3v) is 1.70. The molecule has 0 aliphatic rings. The minimum Gasteiger partial charge on any atom is -0.381 e. The molecule has 0 spiro atoms. The SMILES string of the molecule is CNCCC=Cc1cnc(N)c(N)n1. The lowest BCUT2D eigenvalue weighted by Crippen LogP contribution is -2.05. The van der Waals surface area contributed by atoms with Gasteiger partial charge >= 0.3 is 0 Å². The Morgan fingerprint density at radius 1 is 1.43 bits per heavy atom. The van der Waals surface area contributed by atoms with Gasteiger partial charge in [0.1, 0.15) is 0 Å². The predicted molar refractivity (Wildman–Crippen MR) is 58.4 cm³/mol. The molecule has 0 amide bonds. The molecule has 0 radical (unpaired) electrons. The first-order valence-corrected chi connectivity index (χ1v) is 4.43. The maximum absolute atomic E-state index is 5.51. The van der Waals surface area contributed by atoms with Crippen molar-refractivity contribution in [3.05, 3.63) is 18.0 Å². The molecule has 0 bridgehead atoms. The van der Waals surface area contributed by atoms with Gasteiger partial charge in [0.15, 0.2) is 11.6 Å². The van der Waals surface area contributed by atoms with Gasteiger partial charge in [-0.25, -0.2) is 9.97 Å². The highest BCUT2D eigenvalue weighted by Crippen LogP contribution is 2.08. The topological polar surface area (TPSA) is 89.8 Å². The van der Waals surface area contributed by atoms with Crippen molar-refractivity contribution < 1.29 is 0 Å². The molecule has 0 atom stereocenters. The normalized spacial score (nSPS) is 10.9. The van der Waals surface area contributed by atoms with E-state index >= 15 is 0 Å². The second-order valence-corrected chi connectivity index (χ2v) is 2.86. The summed E-state index contributed by atoms with van der Waals surface area (Å²) in [6.45, 7) is 0.939. The van der Waals surface area contributed by atoms with Crippen molar-refractivity contribution in [2.24, 2.45) is 0 Å². The summed E-state index contributed by atoms with van der Waals surface area (Å²) in [5.74, 6) is 0.554. The minimum atomic E-state index is 0.275. The fraction of sp³-hybridized carbons (Fsp3) is 0.333. The highest BCUT2D eigenvalue weighted by Gasteiger charge is 1.96. The zero-order valence-electron chi connectivity index (χ0n) is 8.20. The van der Waals surface area contributed by atoms with Crippen molar-refractivity contribution in [2.75, 3.05) is 25.1 Å². The minimum absolute atomic E-state index is 0.275. The van der Waals surface area contributed by atoms with Gasteiger partial charge in [-0.3, -0.25) is 0 Å². The molecule has 5 heteroatoms. The van der Waals surface area contributed by atoms with Crippen LogP contribution in [0.1, 0.15) is 12.1 Å². The largest absolute Gasteiger partial charge is 0.381 e. The maximum atomic E-state index is 5.51. The quantitative estimate of drug-likeness (QED) is 0.597. The molecule has 1 heterocycles. The van der Waals surface area contributed by atoms with Gasteiger partial charge in [-0.05, 0) is 26.1 Å². The van der Waals surface area contributed by atoms with Crippen LogP contribution in [0.4, 0.5) is 11.6 Å². The molecule has 1 aromatic heterocycles. The van der Waals surface area contributed by atoms with Crippen LogP contribution in [0.5, 0.6) is 0 Å². The van der Waals surface area contributed by atoms with Crippen LogP contribution in [-0.2, 0) is 0 Å². The Labute approximate surface area is 83.2 Å². The summed E-state index contributed by atoms with van der Waals surface area (Å²) in [6.07, 6.45) is 6.43. The number of aromatic nitrogens is 2. The van der Waals surface area contributed by atoms with E-state index in [0.29, 0.717) is 0 Å². The molecule has 1 aromatic rings. The van der Waals surface area contributed by atoms with Crippen molar-refractivity contribution in [3.63, 3.8) is 0 Å². The van der Waals surface area contributed by atoms with E-state index in [1.165, 1.54) is 0 Å². The monoisotopic (exact) mass is 193 g/mol. The molecule has 76 valence electrons. The van der Waals surface area contributed by atoms with Gasteiger partial charge in [0, 0.05) is 0 Å². The Hall–Kier alpha value is -1.62. The molecule has 0 aliphatic heterocycles. The van der Waals surface area contributed by atoms with Crippen LogP contribution >= 0.6 is 0 Å². The molecule has 0 saturated heterocycles. The summed E-state index contributed by atoms with van der Waals surface area (Å²) >= 11 is 0. The highest BCUT2D eigenvalue weighted by molar-refractivity contribution is 5.55. The smallest absolute Gasteiger partial charge is 0.166 e. The van der Waals surface area contributed by atoms with E-state index in [2.05, 4.69) is 15.3 Å². The molecule has 0 saturated carbocycles. The zero-order valence-corrected chi connectivity index (χ0v) is 8.20. The molecule has 0 aliphatic carbocycles. The average molecular weight is 193 g/mol. The van der Waals surface area contributed by atoms with Crippen molar-refractivity contribution >= 4 is 17.7 Å². The van der Waals surface area contributed by atoms with Crippen molar-refractivity contribution in [2.45, 2.75) is 6.42 Å². The van der Waals surface area contributed by atoms with E-state index in [9.17, 15) is 0 Å². The number of nitrogens with one attached hydrogen (secondary N) is 1. The van der Waals surface area contributed by atoms with Gasteiger partial charge in [-0.1, -0.05) is 6.08 Å². The van der Waals surface area contributed by atoms with E-state index in [-0.39, 0.29) is 11.6 Å². The molecule has 0 fully saturated rings. The van der Waals surface area contributed by atoms with Crippen molar-refractivity contribution in [1.82, 2.24) is 15.3 Å². The number of hydrogen-bond acceptors (Lipinski definition) is 5. The van der Waals surface area contributed by atoms with Gasteiger partial charge < -0.3 is 16.8 Å². The maximum Gasteiger partial charge on any atom is 0.166 e. The highest BCUT2D eigenvalue weighted by atomic mass is 15.0. The summed E-state index contributed by atoms with van der Waals surface area (Å²) in [4.78, 5) is 7.95. The lowest BCUT2D eigenvalue weighted by atomic mass is 10.3. The number of rotatable bonds is 4. The molecular formula is C9H15N5. The fourth-order valence-electron chi connectivity index (χ4n) is 0.939. The fourth-order valence-corrected chi connectivity index (χ4v) is 0.939. The van der Waals surface area contributed by atoms with Gasteiger partial charge in [0.25, 0.3) is 0 Å². The van der Waals surface area contributed by atoms with E-state index < -0.39 is 0 Å². The summed E-state index contributed by atoms with van der Waals surface area (Å²) in [7, 11) is 1.91. The Balaban J connectivity index is 2.59. The van der Waals surface area contributed by atoms with E-state index in [4.69, 9.17) is 11.5 Å². The Morgan fingerprint density at radius 3 is 2.86 bits per heavy atom. The van der Waals surface area contributed by atoms with Crippen LogP contribution in [0.25, 0.3) is 6.08 Å². The van der Waals surface area contributed by atoms with Gasteiger partial charge in [0.2, 0.25) is 0 Å². The number of nitrogens with zero attached hydrogens (tertiary/aromatic N) is 2. The molecule has 0 unspecified atom stereocenters. The summed E-state index contributed by atoms with van der Waals surface area (Å²) < 4.78 is 0. The van der Waals surface area contributed by atoms with Crippen LogP contribution < -0.4 is 16.8 Å². The van der Waals surface area contributed by atoms with Crippen molar-refractivity contribution in [1.29, 1.82) is 0 Å². The van der Waals surface area contributed by atoms with Crippen LogP contribution in [0.2, 0.25) is 0 Å². The summed E-state index contributed by atoms with van der Waals surface area (Å²) in [5.41, 5.74) is 11.7. The summed E-state index contributed by atoms with van der Waals surface area (Å²) in [6, 6.07) is 0. The van der Waals surface area contributed by atoms with Crippen molar-refractivity contribution in [3.8, 4) is 0 Å². The Bertz CT molecular complexity index is 321. The third kappa shape index (κ3) is 3.02. The number of anilines is 2. The second-order valence-electron chi connectivity index (χ2n) is 2.86. The van der Waals surface area contributed by atoms with E-state index in [1.54, 1.807) is 6.20 Å². The molecule has 5 nitrogen and oxygen atoms in total. The lowest BCUT2D eigenvalue weighted by Gasteiger charge is -1.98. The second kappa shape index (κ2) is 5.18. The predicted octanol–water partition coefficient (Wildman–Crippen LogP) is 0.264. The molecule has 14 heavy (non-hydrogen) atoms. The number of nitrogens with two attached hydrogens (primary N) is 2. The lowest BCUT2D eigenvalue weighted by molar-refractivity contribution is 0.809. The standard InChI is InChI=1S/C9H15N5/c1-12-5-3-2-4-7-6-13-8(10)9(11)14-7/h2,4,6,12H,3,5H2,1H3,(H2,10,13)(H2,11,14). The zero-order chi connectivity index (χ0) is 10.4. The Kier molecular flexibility index (Phi) is 3.87.